The van der Waals surface area contributed by atoms with Crippen molar-refractivity contribution in [1.82, 2.24) is 0 Å². The number of hydrogen-bond donors (Lipinski definition) is 7. The molecule has 0 saturated carbocycles. The van der Waals surface area contributed by atoms with Crippen molar-refractivity contribution in [2.75, 3.05) is 22.9 Å². The zero-order chi connectivity index (χ0) is 21.6. The summed E-state index contributed by atoms with van der Waals surface area (Å²) in [6.07, 6.45) is -0.482. The zero-order valence-corrected chi connectivity index (χ0v) is 16.0. The van der Waals surface area contributed by atoms with Crippen LogP contribution < -0.4 is 27.7 Å². The maximum atomic E-state index is 9.69. The number of anilines is 4. The van der Waals surface area contributed by atoms with Crippen LogP contribution in [0.1, 0.15) is 18.1 Å². The molecule has 8 nitrogen and oxygen atoms in total. The Hall–Kier alpha value is -3.78. The third-order valence-electron chi connectivity index (χ3n) is 3.92. The summed E-state index contributed by atoms with van der Waals surface area (Å²) in [4.78, 5) is 0. The Balaban J connectivity index is 0.000000221. The molecule has 11 N–H and O–H groups in total. The van der Waals surface area contributed by atoms with Crippen LogP contribution in [0.3, 0.4) is 0 Å². The quantitative estimate of drug-likeness (QED) is 0.199. The first-order chi connectivity index (χ1) is 13.7. The highest BCUT2D eigenvalue weighted by molar-refractivity contribution is 5.60. The van der Waals surface area contributed by atoms with Gasteiger partial charge in [0, 0.05) is 34.6 Å². The summed E-state index contributed by atoms with van der Waals surface area (Å²) in [6, 6.07) is 14.5. The molecule has 29 heavy (non-hydrogen) atoms. The number of phenols is 2. The molecule has 0 amide bonds. The van der Waals surface area contributed by atoms with E-state index >= 15 is 0 Å². The van der Waals surface area contributed by atoms with E-state index < -0.39 is 6.29 Å². The largest absolute Gasteiger partial charge is 0.508 e. The lowest BCUT2D eigenvalue weighted by molar-refractivity contribution is 0.000280. The number of phenolic OH excluding ortho intramolecular Hbond substituents is 2. The van der Waals surface area contributed by atoms with Gasteiger partial charge in [0.25, 0.3) is 0 Å². The Morgan fingerprint density at radius 2 is 1.21 bits per heavy atom. The van der Waals surface area contributed by atoms with Gasteiger partial charge in [0.15, 0.2) is 6.29 Å². The predicted octanol–water partition coefficient (Wildman–Crippen LogP) is 2.42. The van der Waals surface area contributed by atoms with E-state index in [-0.39, 0.29) is 11.5 Å². The van der Waals surface area contributed by atoms with Crippen molar-refractivity contribution >= 4 is 22.7 Å². The Bertz CT molecular complexity index is 927. The first-order valence-electron chi connectivity index (χ1n) is 8.80. The minimum atomic E-state index is -0.865. The molecule has 154 valence electrons. The van der Waals surface area contributed by atoms with Crippen molar-refractivity contribution < 1.29 is 20.1 Å². The van der Waals surface area contributed by atoms with E-state index in [0.717, 1.165) is 0 Å². The fourth-order valence-corrected chi connectivity index (χ4v) is 2.56. The summed E-state index contributed by atoms with van der Waals surface area (Å²) >= 11 is 0. The number of aliphatic hydroxyl groups is 1. The van der Waals surface area contributed by atoms with Crippen LogP contribution in [0.2, 0.25) is 0 Å². The van der Waals surface area contributed by atoms with Gasteiger partial charge in [0.2, 0.25) is 0 Å². The fraction of sp³-hybridized carbons (Fsp3) is 0.143. The smallest absolute Gasteiger partial charge is 0.194 e. The van der Waals surface area contributed by atoms with Crippen LogP contribution in [0.5, 0.6) is 17.2 Å². The molecular formula is C21H26N4O4. The van der Waals surface area contributed by atoms with E-state index in [1.54, 1.807) is 42.5 Å². The molecule has 0 fully saturated rings. The summed E-state index contributed by atoms with van der Waals surface area (Å²) in [5, 5.41) is 28.3. The van der Waals surface area contributed by atoms with Crippen molar-refractivity contribution in [2.45, 2.75) is 19.6 Å². The monoisotopic (exact) mass is 398 g/mol. The van der Waals surface area contributed by atoms with E-state index in [2.05, 4.69) is 0 Å². The molecule has 0 bridgehead atoms. The van der Waals surface area contributed by atoms with Crippen molar-refractivity contribution in [2.24, 2.45) is 0 Å². The van der Waals surface area contributed by atoms with Gasteiger partial charge >= 0.3 is 0 Å². The van der Waals surface area contributed by atoms with Crippen LogP contribution in [0, 0.1) is 0 Å². The van der Waals surface area contributed by atoms with E-state index in [1.165, 1.54) is 19.1 Å². The molecule has 0 aromatic heterocycles. The number of aromatic hydroxyl groups is 2. The van der Waals surface area contributed by atoms with E-state index in [4.69, 9.17) is 32.8 Å². The second-order valence-electron chi connectivity index (χ2n) is 6.47. The fourth-order valence-electron chi connectivity index (χ4n) is 2.56. The lowest BCUT2D eigenvalue weighted by Crippen LogP contribution is -2.10. The molecule has 0 saturated heterocycles. The molecule has 3 aromatic carbocycles. The Morgan fingerprint density at radius 1 is 0.759 bits per heavy atom. The van der Waals surface area contributed by atoms with Crippen LogP contribution >= 0.6 is 0 Å². The van der Waals surface area contributed by atoms with Gasteiger partial charge in [0.1, 0.15) is 17.2 Å². The average molecular weight is 398 g/mol. The number of nitrogen functional groups attached to an aromatic ring is 4. The number of nitrogens with two attached hydrogens (primary N) is 4. The molecule has 0 radical (unpaired) electrons. The first kappa shape index (κ1) is 21.5. The molecule has 3 rings (SSSR count). The predicted molar refractivity (Wildman–Crippen MR) is 115 cm³/mol. The van der Waals surface area contributed by atoms with Gasteiger partial charge in [-0.3, -0.25) is 0 Å². The molecule has 0 aliphatic heterocycles. The average Bonchev–Trinajstić information content (AvgIpc) is 2.64. The third kappa shape index (κ3) is 6.40. The summed E-state index contributed by atoms with van der Waals surface area (Å²) < 4.78 is 4.97. The van der Waals surface area contributed by atoms with E-state index in [0.29, 0.717) is 46.0 Å². The SMILES string of the molecule is CC(O)Oc1ccc(N)cc1N.Nc1ccc(O)c(Cc2cc(N)ccc2O)c1. The van der Waals surface area contributed by atoms with Crippen LogP contribution in [0.4, 0.5) is 22.7 Å². The number of aliphatic hydroxyl groups excluding tert-OH is 1. The second-order valence-corrected chi connectivity index (χ2v) is 6.47. The number of rotatable bonds is 4. The minimum absolute atomic E-state index is 0.154. The van der Waals surface area contributed by atoms with Crippen LogP contribution in [-0.4, -0.2) is 21.6 Å². The van der Waals surface area contributed by atoms with Crippen LogP contribution in [0.25, 0.3) is 0 Å². The molecular weight excluding hydrogens is 372 g/mol. The number of benzene rings is 3. The summed E-state index contributed by atoms with van der Waals surface area (Å²) in [5.41, 5.74) is 25.8. The molecule has 8 heteroatoms. The Labute approximate surface area is 169 Å². The lowest BCUT2D eigenvalue weighted by atomic mass is 10.0. The molecule has 1 atom stereocenters. The highest BCUT2D eigenvalue weighted by atomic mass is 16.6. The zero-order valence-electron chi connectivity index (χ0n) is 16.0. The van der Waals surface area contributed by atoms with Gasteiger partial charge in [-0.15, -0.1) is 0 Å². The molecule has 0 aliphatic carbocycles. The Morgan fingerprint density at radius 3 is 1.66 bits per heavy atom. The maximum Gasteiger partial charge on any atom is 0.194 e. The van der Waals surface area contributed by atoms with Gasteiger partial charge < -0.3 is 43.0 Å². The molecule has 0 spiro atoms. The minimum Gasteiger partial charge on any atom is -0.508 e. The van der Waals surface area contributed by atoms with Crippen molar-refractivity contribution in [3.63, 3.8) is 0 Å². The number of ether oxygens (including phenoxy) is 1. The molecule has 0 heterocycles. The second kappa shape index (κ2) is 9.43. The van der Waals surface area contributed by atoms with Gasteiger partial charge in [-0.05, 0) is 61.5 Å². The molecule has 0 aliphatic rings. The van der Waals surface area contributed by atoms with E-state index in [1.807, 2.05) is 0 Å². The van der Waals surface area contributed by atoms with Gasteiger partial charge in [-0.1, -0.05) is 0 Å². The van der Waals surface area contributed by atoms with Crippen molar-refractivity contribution in [3.05, 3.63) is 65.7 Å². The standard InChI is InChI=1S/C13H14N2O2.C8H12N2O2/c14-10-1-3-12(16)8(6-10)5-9-7-11(15)2-4-13(9)17;1-5(11)12-8-3-2-6(9)4-7(8)10/h1-4,6-7,16-17H,5,14-15H2;2-5,11H,9-10H2,1H3. The van der Waals surface area contributed by atoms with Crippen molar-refractivity contribution in [1.29, 1.82) is 0 Å². The lowest BCUT2D eigenvalue weighted by Gasteiger charge is -2.10. The topological polar surface area (TPSA) is 174 Å². The van der Waals surface area contributed by atoms with Gasteiger partial charge in [0.05, 0.1) is 5.69 Å². The van der Waals surface area contributed by atoms with Crippen LogP contribution in [0.15, 0.2) is 54.6 Å². The highest BCUT2D eigenvalue weighted by Gasteiger charge is 2.07. The highest BCUT2D eigenvalue weighted by Crippen LogP contribution is 2.28. The maximum absolute atomic E-state index is 9.69. The first-order valence-corrected chi connectivity index (χ1v) is 8.80. The van der Waals surface area contributed by atoms with Crippen molar-refractivity contribution in [3.8, 4) is 17.2 Å². The normalized spacial score (nSPS) is 11.2. The summed E-state index contributed by atoms with van der Waals surface area (Å²) in [7, 11) is 0. The Kier molecular flexibility index (Phi) is 6.99. The van der Waals surface area contributed by atoms with Gasteiger partial charge in [-0.25, -0.2) is 0 Å². The summed E-state index contributed by atoms with van der Waals surface area (Å²) in [6.45, 7) is 1.51. The summed E-state index contributed by atoms with van der Waals surface area (Å²) in [5.74, 6) is 0.751. The van der Waals surface area contributed by atoms with Gasteiger partial charge in [-0.2, -0.15) is 0 Å². The molecule has 1 unspecified atom stereocenters. The molecule has 3 aromatic rings. The number of hydrogen-bond acceptors (Lipinski definition) is 8. The van der Waals surface area contributed by atoms with E-state index in [9.17, 15) is 10.2 Å². The third-order valence-corrected chi connectivity index (χ3v) is 3.92. The van der Waals surface area contributed by atoms with Crippen LogP contribution in [-0.2, 0) is 6.42 Å².